The smallest absolute Gasteiger partial charge is 0.324 e. The number of benzene rings is 3. The van der Waals surface area contributed by atoms with Crippen LogP contribution < -0.4 is 4.90 Å². The van der Waals surface area contributed by atoms with E-state index < -0.39 is 40.4 Å². The summed E-state index contributed by atoms with van der Waals surface area (Å²) in [6, 6.07) is 14.7. The Bertz CT molecular complexity index is 1300. The number of imide groups is 1. The van der Waals surface area contributed by atoms with Crippen LogP contribution in [0.5, 0.6) is 0 Å². The lowest BCUT2D eigenvalue weighted by Crippen LogP contribution is -2.40. The average Bonchev–Trinajstić information content (AvgIpc) is 2.75. The van der Waals surface area contributed by atoms with Gasteiger partial charge in [-0.3, -0.25) is 9.59 Å². The molecule has 3 aromatic carbocycles. The van der Waals surface area contributed by atoms with E-state index in [-0.39, 0.29) is 16.8 Å². The van der Waals surface area contributed by atoms with Crippen LogP contribution in [0.1, 0.15) is 41.4 Å². The van der Waals surface area contributed by atoms with Gasteiger partial charge < -0.3 is 8.85 Å². The maximum Gasteiger partial charge on any atom is 0.324 e. The van der Waals surface area contributed by atoms with Crippen molar-refractivity contribution in [2.45, 2.75) is 39.3 Å². The summed E-state index contributed by atoms with van der Waals surface area (Å²) in [5.74, 6) is -2.29. The number of amides is 2. The summed E-state index contributed by atoms with van der Waals surface area (Å²) in [5.41, 5.74) is 1.01. The molecule has 7 nitrogen and oxygen atoms in total. The van der Waals surface area contributed by atoms with Crippen LogP contribution in [-0.4, -0.2) is 40.4 Å². The Labute approximate surface area is 205 Å². The molecule has 0 N–H and O–H groups in total. The van der Waals surface area contributed by atoms with Crippen molar-refractivity contribution in [2.24, 2.45) is 0 Å². The lowest BCUT2D eigenvalue weighted by atomic mass is 9.93. The number of hydrogen-bond acceptors (Lipinski definition) is 6. The molecule has 0 unspecified atom stereocenters. The van der Waals surface area contributed by atoms with Crippen LogP contribution in [0.25, 0.3) is 10.8 Å². The molecule has 0 fully saturated rings. The minimum atomic E-state index is -2.26. The van der Waals surface area contributed by atoms with E-state index in [1.807, 2.05) is 51.4 Å². The van der Waals surface area contributed by atoms with Gasteiger partial charge in [0.1, 0.15) is 0 Å². The third-order valence-electron chi connectivity index (χ3n) is 5.22. The highest BCUT2D eigenvalue weighted by atomic mass is 28.4. The maximum absolute atomic E-state index is 13.5. The topological polar surface area (TPSA) is 90.0 Å². The number of anilines is 1. The number of carbonyl (C=O) groups excluding carboxylic acids is 4. The van der Waals surface area contributed by atoms with Crippen molar-refractivity contribution in [1.82, 2.24) is 0 Å². The van der Waals surface area contributed by atoms with Crippen molar-refractivity contribution in [3.63, 3.8) is 0 Å². The Balaban J connectivity index is 1.87. The number of hydrogen-bond donors (Lipinski definition) is 0. The first kappa shape index (κ1) is 24.6. The van der Waals surface area contributed by atoms with Gasteiger partial charge in [0.05, 0.1) is 16.8 Å². The van der Waals surface area contributed by atoms with Gasteiger partial charge in [-0.25, -0.2) is 14.5 Å². The highest BCUT2D eigenvalue weighted by Crippen LogP contribution is 2.34. The molecule has 0 aliphatic carbocycles. The van der Waals surface area contributed by atoms with Crippen molar-refractivity contribution in [1.29, 1.82) is 0 Å². The van der Waals surface area contributed by atoms with E-state index >= 15 is 0 Å². The molecule has 0 spiro atoms. The van der Waals surface area contributed by atoms with E-state index in [9.17, 15) is 19.2 Å². The van der Waals surface area contributed by atoms with Gasteiger partial charge in [0.25, 0.3) is 11.8 Å². The summed E-state index contributed by atoms with van der Waals surface area (Å²) < 4.78 is 11.3. The first-order chi connectivity index (χ1) is 16.2. The molecular formula is C26H27NO6Si2. The Morgan fingerprint density at radius 1 is 0.686 bits per heavy atom. The van der Waals surface area contributed by atoms with Crippen molar-refractivity contribution >= 4 is 56.8 Å². The van der Waals surface area contributed by atoms with Crippen LogP contribution >= 0.6 is 0 Å². The van der Waals surface area contributed by atoms with Crippen LogP contribution in [0.3, 0.4) is 0 Å². The summed E-state index contributed by atoms with van der Waals surface area (Å²) in [5, 5.41) is 1.38. The number of nitrogens with zero attached hydrogens (tertiary/aromatic N) is 1. The van der Waals surface area contributed by atoms with Crippen molar-refractivity contribution in [3.05, 3.63) is 76.9 Å². The van der Waals surface area contributed by atoms with E-state index in [0.29, 0.717) is 16.5 Å². The Morgan fingerprint density at radius 2 is 1.11 bits per heavy atom. The highest BCUT2D eigenvalue weighted by molar-refractivity contribution is 6.71. The van der Waals surface area contributed by atoms with Gasteiger partial charge in [0.2, 0.25) is 16.6 Å². The Kier molecular flexibility index (Phi) is 6.02. The SMILES string of the molecule is C[Si](C)(C)OC(=O)c1cc(C(=O)O[Si](C)(C)C)cc(N2C(=O)c3cccc4cccc(c34)C2=O)c1. The zero-order chi connectivity index (χ0) is 25.7. The molecule has 2 amide bonds. The van der Waals surface area contributed by atoms with Gasteiger partial charge in [-0.1, -0.05) is 24.3 Å². The van der Waals surface area contributed by atoms with Crippen LogP contribution in [0.15, 0.2) is 54.6 Å². The normalized spacial score (nSPS) is 13.7. The van der Waals surface area contributed by atoms with Gasteiger partial charge in [0, 0.05) is 16.5 Å². The van der Waals surface area contributed by atoms with Gasteiger partial charge in [-0.2, -0.15) is 0 Å². The Hall–Kier alpha value is -3.57. The Morgan fingerprint density at radius 3 is 1.51 bits per heavy atom. The lowest BCUT2D eigenvalue weighted by molar-refractivity contribution is 0.0722. The second kappa shape index (κ2) is 8.58. The molecule has 0 atom stereocenters. The molecule has 4 rings (SSSR count). The molecule has 1 aliphatic rings. The maximum atomic E-state index is 13.5. The minimum Gasteiger partial charge on any atom is -0.516 e. The molecule has 0 radical (unpaired) electrons. The fourth-order valence-corrected chi connectivity index (χ4v) is 5.26. The zero-order valence-electron chi connectivity index (χ0n) is 20.6. The first-order valence-electron chi connectivity index (χ1n) is 11.3. The molecule has 3 aromatic rings. The van der Waals surface area contributed by atoms with Gasteiger partial charge >= 0.3 is 11.9 Å². The van der Waals surface area contributed by atoms with Crippen molar-refractivity contribution in [2.75, 3.05) is 4.90 Å². The molecule has 1 aliphatic heterocycles. The largest absolute Gasteiger partial charge is 0.516 e. The van der Waals surface area contributed by atoms with E-state index in [1.54, 1.807) is 24.3 Å². The molecule has 1 heterocycles. The quantitative estimate of drug-likeness (QED) is 0.330. The van der Waals surface area contributed by atoms with E-state index in [0.717, 1.165) is 10.3 Å². The zero-order valence-corrected chi connectivity index (χ0v) is 22.6. The fourth-order valence-electron chi connectivity index (χ4n) is 3.92. The average molecular weight is 506 g/mol. The molecule has 180 valence electrons. The summed E-state index contributed by atoms with van der Waals surface area (Å²) in [4.78, 5) is 54.0. The standard InChI is InChI=1S/C26H27NO6Si2/c1-34(2,3)32-25(30)17-13-18(26(31)33-35(4,5)6)15-19(14-17)27-23(28)20-11-7-9-16-10-8-12-21(22(16)20)24(27)29/h7-15H,1-6H3. The van der Waals surface area contributed by atoms with E-state index in [1.165, 1.54) is 18.2 Å². The molecule has 35 heavy (non-hydrogen) atoms. The van der Waals surface area contributed by atoms with Crippen LogP contribution in [0.4, 0.5) is 5.69 Å². The minimum absolute atomic E-state index is 0.0742. The summed E-state index contributed by atoms with van der Waals surface area (Å²) in [6.07, 6.45) is 0. The van der Waals surface area contributed by atoms with Crippen LogP contribution in [-0.2, 0) is 8.85 Å². The predicted octanol–water partition coefficient (Wildman–Crippen LogP) is 5.62. The first-order valence-corrected chi connectivity index (χ1v) is 18.1. The van der Waals surface area contributed by atoms with Crippen molar-refractivity contribution < 1.29 is 28.0 Å². The second-order valence-corrected chi connectivity index (χ2v) is 19.3. The lowest BCUT2D eigenvalue weighted by Gasteiger charge is -2.28. The molecular weight excluding hydrogens is 478 g/mol. The van der Waals surface area contributed by atoms with Gasteiger partial charge in [-0.15, -0.1) is 0 Å². The third-order valence-corrected chi connectivity index (χ3v) is 6.81. The fraction of sp³-hybridized carbons (Fsp3) is 0.231. The predicted molar refractivity (Wildman–Crippen MR) is 139 cm³/mol. The van der Waals surface area contributed by atoms with Gasteiger partial charge in [0.15, 0.2) is 0 Å². The summed E-state index contributed by atoms with van der Waals surface area (Å²) >= 11 is 0. The highest BCUT2D eigenvalue weighted by Gasteiger charge is 2.35. The molecule has 0 bridgehead atoms. The number of carbonyl (C=O) groups is 4. The van der Waals surface area contributed by atoms with E-state index in [4.69, 9.17) is 8.85 Å². The molecule has 0 saturated heterocycles. The number of rotatable bonds is 5. The summed E-state index contributed by atoms with van der Waals surface area (Å²) in [6.45, 7) is 11.2. The molecule has 0 saturated carbocycles. The molecule has 0 aromatic heterocycles. The third kappa shape index (κ3) is 4.96. The van der Waals surface area contributed by atoms with Crippen LogP contribution in [0.2, 0.25) is 39.3 Å². The summed E-state index contributed by atoms with van der Waals surface area (Å²) in [7, 11) is -4.51. The molecule has 9 heteroatoms. The van der Waals surface area contributed by atoms with Crippen molar-refractivity contribution in [3.8, 4) is 0 Å². The van der Waals surface area contributed by atoms with Gasteiger partial charge in [-0.05, 0) is 75.0 Å². The van der Waals surface area contributed by atoms with E-state index in [2.05, 4.69) is 0 Å². The van der Waals surface area contributed by atoms with Crippen LogP contribution in [0, 0.1) is 0 Å². The second-order valence-electron chi connectivity index (χ2n) is 10.4. The monoisotopic (exact) mass is 505 g/mol.